The van der Waals surface area contributed by atoms with Crippen molar-refractivity contribution in [2.24, 2.45) is 0 Å². The molecule has 2 aromatic rings. The third kappa shape index (κ3) is 2.77. The number of aromatic nitrogens is 1. The van der Waals surface area contributed by atoms with Gasteiger partial charge in [-0.05, 0) is 37.1 Å². The number of carbonyl (C=O) groups excluding carboxylic acids is 1. The van der Waals surface area contributed by atoms with Gasteiger partial charge in [-0.2, -0.15) is 0 Å². The van der Waals surface area contributed by atoms with E-state index in [9.17, 15) is 9.59 Å². The molecule has 3 rings (SSSR count). The van der Waals surface area contributed by atoms with Crippen molar-refractivity contribution in [3.05, 3.63) is 58.4 Å². The number of carbonyl (C=O) groups is 1. The number of nitrogens with one attached hydrogen (secondary N) is 1. The van der Waals surface area contributed by atoms with Gasteiger partial charge >= 0.3 is 0 Å². The fourth-order valence-electron chi connectivity index (χ4n) is 2.87. The summed E-state index contributed by atoms with van der Waals surface area (Å²) in [7, 11) is 0. The highest BCUT2D eigenvalue weighted by Crippen LogP contribution is 2.31. The molecule has 1 aliphatic heterocycles. The van der Waals surface area contributed by atoms with Crippen molar-refractivity contribution in [2.45, 2.75) is 31.7 Å². The Labute approximate surface area is 122 Å². The van der Waals surface area contributed by atoms with Gasteiger partial charge in [-0.25, -0.2) is 0 Å². The molecular formula is C16H18N2O3. The van der Waals surface area contributed by atoms with Crippen LogP contribution in [0.15, 0.2) is 45.9 Å². The van der Waals surface area contributed by atoms with Gasteiger partial charge in [0, 0.05) is 12.7 Å². The smallest absolute Gasteiger partial charge is 0.260 e. The van der Waals surface area contributed by atoms with Crippen LogP contribution in [0.5, 0.6) is 0 Å². The number of furan rings is 1. The molecule has 1 amide bonds. The topological polar surface area (TPSA) is 66.3 Å². The third-order valence-electron chi connectivity index (χ3n) is 3.93. The molecule has 1 saturated heterocycles. The number of rotatable bonds is 2. The molecule has 110 valence electrons. The zero-order valence-corrected chi connectivity index (χ0v) is 11.7. The Morgan fingerprint density at radius 2 is 2.14 bits per heavy atom. The van der Waals surface area contributed by atoms with Gasteiger partial charge in [0.2, 0.25) is 0 Å². The summed E-state index contributed by atoms with van der Waals surface area (Å²) in [5.41, 5.74) is -0.152. The van der Waals surface area contributed by atoms with E-state index in [0.717, 1.165) is 31.4 Å². The van der Waals surface area contributed by atoms with Gasteiger partial charge in [0.1, 0.15) is 11.3 Å². The number of H-pyrrole nitrogens is 1. The van der Waals surface area contributed by atoms with Gasteiger partial charge in [-0.1, -0.05) is 12.8 Å². The summed E-state index contributed by atoms with van der Waals surface area (Å²) in [6.07, 6.45) is 7.12. The largest absolute Gasteiger partial charge is 0.467 e. The Bertz CT molecular complexity index is 660. The predicted molar refractivity (Wildman–Crippen MR) is 78.0 cm³/mol. The third-order valence-corrected chi connectivity index (χ3v) is 3.93. The average Bonchev–Trinajstić information content (AvgIpc) is 2.91. The number of hydrogen-bond donors (Lipinski definition) is 1. The molecule has 3 heterocycles. The van der Waals surface area contributed by atoms with Crippen molar-refractivity contribution in [3.8, 4) is 0 Å². The molecule has 0 unspecified atom stereocenters. The first-order chi connectivity index (χ1) is 10.3. The number of hydrogen-bond acceptors (Lipinski definition) is 3. The molecule has 0 aliphatic carbocycles. The molecule has 0 spiro atoms. The standard InChI is InChI=1S/C16H18N2O3/c19-15-12(6-4-9-17-15)16(20)18-10-3-1-2-7-13(18)14-8-5-11-21-14/h4-6,8-9,11,13H,1-3,7,10H2,(H,17,19)/t13-/m1/s1. The van der Waals surface area contributed by atoms with Crippen LogP contribution in [0, 0.1) is 0 Å². The number of nitrogens with zero attached hydrogens (tertiary/aromatic N) is 1. The normalized spacial score (nSPS) is 19.2. The maximum absolute atomic E-state index is 12.7. The lowest BCUT2D eigenvalue weighted by atomic mass is 10.1. The fraction of sp³-hybridized carbons (Fsp3) is 0.375. The highest BCUT2D eigenvalue weighted by Gasteiger charge is 2.30. The molecule has 0 bridgehead atoms. The van der Waals surface area contributed by atoms with Crippen LogP contribution < -0.4 is 5.56 Å². The SMILES string of the molecule is O=C(c1ccc[nH]c1=O)N1CCCCC[C@@H]1c1ccco1. The molecule has 1 N–H and O–H groups in total. The van der Waals surface area contributed by atoms with Crippen molar-refractivity contribution < 1.29 is 9.21 Å². The molecule has 1 fully saturated rings. The van der Waals surface area contributed by atoms with E-state index in [2.05, 4.69) is 4.98 Å². The second-order valence-corrected chi connectivity index (χ2v) is 5.29. The quantitative estimate of drug-likeness (QED) is 0.923. The van der Waals surface area contributed by atoms with Gasteiger partial charge in [-0.15, -0.1) is 0 Å². The number of pyridine rings is 1. The molecule has 0 saturated carbocycles. The second kappa shape index (κ2) is 5.99. The summed E-state index contributed by atoms with van der Waals surface area (Å²) in [4.78, 5) is 28.9. The van der Waals surface area contributed by atoms with Crippen LogP contribution in [-0.2, 0) is 0 Å². The molecule has 0 aromatic carbocycles. The Morgan fingerprint density at radius 3 is 2.90 bits per heavy atom. The zero-order valence-electron chi connectivity index (χ0n) is 11.7. The minimum Gasteiger partial charge on any atom is -0.467 e. The first kappa shape index (κ1) is 13.7. The fourth-order valence-corrected chi connectivity index (χ4v) is 2.87. The van der Waals surface area contributed by atoms with Gasteiger partial charge < -0.3 is 14.3 Å². The predicted octanol–water partition coefficient (Wildman–Crippen LogP) is 2.73. The summed E-state index contributed by atoms with van der Waals surface area (Å²) >= 11 is 0. The van der Waals surface area contributed by atoms with E-state index in [4.69, 9.17) is 4.42 Å². The van der Waals surface area contributed by atoms with Gasteiger partial charge in [0.15, 0.2) is 0 Å². The van der Waals surface area contributed by atoms with Gasteiger partial charge in [0.05, 0.1) is 12.3 Å². The van der Waals surface area contributed by atoms with Crippen LogP contribution >= 0.6 is 0 Å². The van der Waals surface area contributed by atoms with Crippen LogP contribution in [0.3, 0.4) is 0 Å². The van der Waals surface area contributed by atoms with Crippen molar-refractivity contribution in [2.75, 3.05) is 6.54 Å². The number of likely N-dealkylation sites (tertiary alicyclic amines) is 1. The molecule has 5 heteroatoms. The van der Waals surface area contributed by atoms with E-state index in [1.807, 2.05) is 12.1 Å². The van der Waals surface area contributed by atoms with Crippen LogP contribution in [0.2, 0.25) is 0 Å². The Kier molecular flexibility index (Phi) is 3.90. The molecular weight excluding hydrogens is 268 g/mol. The second-order valence-electron chi connectivity index (χ2n) is 5.29. The van der Waals surface area contributed by atoms with Gasteiger partial charge in [0.25, 0.3) is 11.5 Å². The van der Waals surface area contributed by atoms with E-state index in [0.29, 0.717) is 6.54 Å². The zero-order chi connectivity index (χ0) is 14.7. The minimum absolute atomic E-state index is 0.0883. The van der Waals surface area contributed by atoms with Crippen LogP contribution in [0.1, 0.15) is 47.8 Å². The summed E-state index contributed by atoms with van der Waals surface area (Å²) in [6, 6.07) is 6.89. The van der Waals surface area contributed by atoms with E-state index in [-0.39, 0.29) is 23.1 Å². The highest BCUT2D eigenvalue weighted by atomic mass is 16.3. The van der Waals surface area contributed by atoms with Crippen molar-refractivity contribution >= 4 is 5.91 Å². The van der Waals surface area contributed by atoms with Crippen LogP contribution in [-0.4, -0.2) is 22.3 Å². The molecule has 0 radical (unpaired) electrons. The van der Waals surface area contributed by atoms with Crippen LogP contribution in [0.25, 0.3) is 0 Å². The maximum Gasteiger partial charge on any atom is 0.260 e. The summed E-state index contributed by atoms with van der Waals surface area (Å²) in [5, 5.41) is 0. The Hall–Kier alpha value is -2.30. The van der Waals surface area contributed by atoms with E-state index in [1.54, 1.807) is 23.3 Å². The average molecular weight is 286 g/mol. The van der Waals surface area contributed by atoms with Crippen molar-refractivity contribution in [1.29, 1.82) is 0 Å². The van der Waals surface area contributed by atoms with E-state index >= 15 is 0 Å². The minimum atomic E-state index is -0.343. The number of amides is 1. The maximum atomic E-state index is 12.7. The monoisotopic (exact) mass is 286 g/mol. The Morgan fingerprint density at radius 1 is 1.24 bits per heavy atom. The molecule has 1 atom stereocenters. The lowest BCUT2D eigenvalue weighted by Gasteiger charge is -2.28. The summed E-state index contributed by atoms with van der Waals surface area (Å²) < 4.78 is 5.50. The number of aromatic amines is 1. The lowest BCUT2D eigenvalue weighted by Crippen LogP contribution is -2.37. The van der Waals surface area contributed by atoms with Gasteiger partial charge in [-0.3, -0.25) is 9.59 Å². The van der Waals surface area contributed by atoms with Crippen molar-refractivity contribution in [1.82, 2.24) is 9.88 Å². The molecule has 2 aromatic heterocycles. The summed E-state index contributed by atoms with van der Waals surface area (Å²) in [6.45, 7) is 0.651. The molecule has 1 aliphatic rings. The molecule has 5 nitrogen and oxygen atoms in total. The highest BCUT2D eigenvalue weighted by molar-refractivity contribution is 5.94. The van der Waals surface area contributed by atoms with Crippen molar-refractivity contribution in [3.63, 3.8) is 0 Å². The first-order valence-corrected chi connectivity index (χ1v) is 7.29. The summed E-state index contributed by atoms with van der Waals surface area (Å²) in [5.74, 6) is 0.567. The molecule has 21 heavy (non-hydrogen) atoms. The van der Waals surface area contributed by atoms with E-state index in [1.165, 1.54) is 6.20 Å². The Balaban J connectivity index is 1.95. The van der Waals surface area contributed by atoms with E-state index < -0.39 is 0 Å². The first-order valence-electron chi connectivity index (χ1n) is 7.29. The van der Waals surface area contributed by atoms with Crippen LogP contribution in [0.4, 0.5) is 0 Å². The lowest BCUT2D eigenvalue weighted by molar-refractivity contribution is 0.0656.